The molecule has 112 valence electrons. The van der Waals surface area contributed by atoms with Crippen LogP contribution in [0.15, 0.2) is 54.6 Å². The van der Waals surface area contributed by atoms with E-state index >= 15 is 0 Å². The molecule has 21 heavy (non-hydrogen) atoms. The van der Waals surface area contributed by atoms with Crippen molar-refractivity contribution in [1.29, 1.82) is 0 Å². The number of benzene rings is 2. The summed E-state index contributed by atoms with van der Waals surface area (Å²) in [5.74, 6) is -0.145. The molecule has 0 radical (unpaired) electrons. The summed E-state index contributed by atoms with van der Waals surface area (Å²) in [4.78, 5) is 2.24. The lowest BCUT2D eigenvalue weighted by Crippen LogP contribution is -2.33. The van der Waals surface area contributed by atoms with Gasteiger partial charge in [0.25, 0.3) is 0 Å². The molecule has 0 bridgehead atoms. The SMILES string of the molecule is CNC(CN(C)CCc1ccccc1)c1ccccc1F. The summed E-state index contributed by atoms with van der Waals surface area (Å²) in [6, 6.07) is 17.4. The molecule has 1 N–H and O–H groups in total. The maximum absolute atomic E-state index is 13.9. The van der Waals surface area contributed by atoms with Gasteiger partial charge in [-0.3, -0.25) is 0 Å². The number of likely N-dealkylation sites (N-methyl/N-ethyl adjacent to an activating group) is 2. The smallest absolute Gasteiger partial charge is 0.128 e. The number of halogens is 1. The van der Waals surface area contributed by atoms with Crippen LogP contribution < -0.4 is 5.32 Å². The summed E-state index contributed by atoms with van der Waals surface area (Å²) >= 11 is 0. The van der Waals surface area contributed by atoms with Gasteiger partial charge in [0.05, 0.1) is 0 Å². The van der Waals surface area contributed by atoms with E-state index in [9.17, 15) is 4.39 Å². The van der Waals surface area contributed by atoms with Gasteiger partial charge in [0.2, 0.25) is 0 Å². The fraction of sp³-hybridized carbons (Fsp3) is 0.333. The van der Waals surface area contributed by atoms with Gasteiger partial charge in [0, 0.05) is 24.7 Å². The molecular weight excluding hydrogens is 263 g/mol. The van der Waals surface area contributed by atoms with Gasteiger partial charge in [-0.25, -0.2) is 4.39 Å². The largest absolute Gasteiger partial charge is 0.312 e. The maximum atomic E-state index is 13.9. The van der Waals surface area contributed by atoms with Crippen molar-refractivity contribution in [1.82, 2.24) is 10.2 Å². The highest BCUT2D eigenvalue weighted by Crippen LogP contribution is 2.17. The van der Waals surface area contributed by atoms with Gasteiger partial charge in [-0.05, 0) is 32.1 Å². The Balaban J connectivity index is 1.91. The van der Waals surface area contributed by atoms with Crippen LogP contribution >= 0.6 is 0 Å². The van der Waals surface area contributed by atoms with E-state index in [1.807, 2.05) is 25.2 Å². The Morgan fingerprint density at radius 3 is 2.38 bits per heavy atom. The Bertz CT molecular complexity index is 542. The van der Waals surface area contributed by atoms with Crippen LogP contribution in [0.5, 0.6) is 0 Å². The summed E-state index contributed by atoms with van der Waals surface area (Å²) < 4.78 is 13.9. The van der Waals surface area contributed by atoms with E-state index in [4.69, 9.17) is 0 Å². The molecule has 0 saturated heterocycles. The number of hydrogen-bond acceptors (Lipinski definition) is 2. The van der Waals surface area contributed by atoms with E-state index in [-0.39, 0.29) is 11.9 Å². The van der Waals surface area contributed by atoms with Crippen molar-refractivity contribution in [3.05, 3.63) is 71.5 Å². The zero-order valence-corrected chi connectivity index (χ0v) is 12.7. The van der Waals surface area contributed by atoms with Crippen molar-refractivity contribution in [2.45, 2.75) is 12.5 Å². The number of hydrogen-bond donors (Lipinski definition) is 1. The summed E-state index contributed by atoms with van der Waals surface area (Å²) in [6.07, 6.45) is 1.01. The van der Waals surface area contributed by atoms with Crippen molar-refractivity contribution in [2.24, 2.45) is 0 Å². The minimum absolute atomic E-state index is 0.00646. The van der Waals surface area contributed by atoms with Crippen LogP contribution in [0.4, 0.5) is 4.39 Å². The van der Waals surface area contributed by atoms with Crippen LogP contribution in [0.25, 0.3) is 0 Å². The Morgan fingerprint density at radius 1 is 1.05 bits per heavy atom. The first-order valence-electron chi connectivity index (χ1n) is 7.35. The lowest BCUT2D eigenvalue weighted by atomic mass is 10.1. The molecular formula is C18H23FN2. The predicted octanol–water partition coefficient (Wildman–Crippen LogP) is 3.26. The van der Waals surface area contributed by atoms with Crippen molar-refractivity contribution in [3.63, 3.8) is 0 Å². The van der Waals surface area contributed by atoms with Crippen LogP contribution in [0.2, 0.25) is 0 Å². The molecule has 0 heterocycles. The van der Waals surface area contributed by atoms with E-state index in [2.05, 4.69) is 41.5 Å². The fourth-order valence-electron chi connectivity index (χ4n) is 2.47. The Hall–Kier alpha value is -1.71. The first kappa shape index (κ1) is 15.7. The highest BCUT2D eigenvalue weighted by atomic mass is 19.1. The first-order chi connectivity index (χ1) is 10.2. The second-order valence-electron chi connectivity index (χ2n) is 5.36. The summed E-state index contributed by atoms with van der Waals surface area (Å²) in [7, 11) is 3.95. The minimum atomic E-state index is -0.145. The van der Waals surface area contributed by atoms with E-state index in [0.29, 0.717) is 0 Å². The zero-order chi connectivity index (χ0) is 15.1. The second-order valence-corrected chi connectivity index (χ2v) is 5.36. The number of nitrogens with zero attached hydrogens (tertiary/aromatic N) is 1. The van der Waals surface area contributed by atoms with Gasteiger partial charge >= 0.3 is 0 Å². The minimum Gasteiger partial charge on any atom is -0.312 e. The molecule has 0 amide bonds. The van der Waals surface area contributed by atoms with Crippen molar-refractivity contribution >= 4 is 0 Å². The molecule has 0 aliphatic carbocycles. The Labute approximate surface area is 126 Å². The molecule has 2 aromatic rings. The number of rotatable bonds is 7. The van der Waals surface area contributed by atoms with E-state index < -0.39 is 0 Å². The van der Waals surface area contributed by atoms with Crippen LogP contribution in [-0.2, 0) is 6.42 Å². The molecule has 0 spiro atoms. The Kier molecular flexibility index (Phi) is 5.90. The summed E-state index contributed by atoms with van der Waals surface area (Å²) in [5, 5.41) is 3.21. The van der Waals surface area contributed by atoms with Crippen LogP contribution in [-0.4, -0.2) is 32.1 Å². The molecule has 2 aromatic carbocycles. The van der Waals surface area contributed by atoms with Gasteiger partial charge in [-0.2, -0.15) is 0 Å². The summed E-state index contributed by atoms with van der Waals surface area (Å²) in [5.41, 5.74) is 2.06. The molecule has 1 unspecified atom stereocenters. The third kappa shape index (κ3) is 4.66. The Morgan fingerprint density at radius 2 is 1.71 bits per heavy atom. The normalized spacial score (nSPS) is 12.6. The quantitative estimate of drug-likeness (QED) is 0.840. The van der Waals surface area contributed by atoms with Gasteiger partial charge < -0.3 is 10.2 Å². The number of nitrogens with one attached hydrogen (secondary N) is 1. The van der Waals surface area contributed by atoms with Crippen LogP contribution in [0, 0.1) is 5.82 Å². The third-order valence-electron chi connectivity index (χ3n) is 3.75. The monoisotopic (exact) mass is 286 g/mol. The highest BCUT2D eigenvalue weighted by Gasteiger charge is 2.15. The lowest BCUT2D eigenvalue weighted by Gasteiger charge is -2.24. The highest BCUT2D eigenvalue weighted by molar-refractivity contribution is 5.21. The van der Waals surface area contributed by atoms with Gasteiger partial charge in [0.1, 0.15) is 5.82 Å². The molecule has 2 rings (SSSR count). The molecule has 1 atom stereocenters. The predicted molar refractivity (Wildman–Crippen MR) is 85.8 cm³/mol. The average Bonchev–Trinajstić information content (AvgIpc) is 2.52. The van der Waals surface area contributed by atoms with E-state index in [1.165, 1.54) is 11.6 Å². The standard InChI is InChI=1S/C18H23FN2/c1-20-18(16-10-6-7-11-17(16)19)14-21(2)13-12-15-8-4-3-5-9-15/h3-11,18,20H,12-14H2,1-2H3. The fourth-order valence-corrected chi connectivity index (χ4v) is 2.47. The molecule has 0 fully saturated rings. The molecule has 0 saturated carbocycles. The van der Waals surface area contributed by atoms with Gasteiger partial charge in [-0.15, -0.1) is 0 Å². The van der Waals surface area contributed by atoms with Crippen LogP contribution in [0.1, 0.15) is 17.2 Å². The van der Waals surface area contributed by atoms with Crippen molar-refractivity contribution in [3.8, 4) is 0 Å². The maximum Gasteiger partial charge on any atom is 0.128 e. The third-order valence-corrected chi connectivity index (χ3v) is 3.75. The lowest BCUT2D eigenvalue weighted by molar-refractivity contribution is 0.297. The van der Waals surface area contributed by atoms with Crippen molar-refractivity contribution in [2.75, 3.05) is 27.2 Å². The first-order valence-corrected chi connectivity index (χ1v) is 7.35. The van der Waals surface area contributed by atoms with Gasteiger partial charge in [0.15, 0.2) is 0 Å². The zero-order valence-electron chi connectivity index (χ0n) is 12.7. The molecule has 3 heteroatoms. The van der Waals surface area contributed by atoms with Crippen molar-refractivity contribution < 1.29 is 4.39 Å². The molecule has 0 aromatic heterocycles. The van der Waals surface area contributed by atoms with Crippen LogP contribution in [0.3, 0.4) is 0 Å². The topological polar surface area (TPSA) is 15.3 Å². The second kappa shape index (κ2) is 7.91. The average molecular weight is 286 g/mol. The summed E-state index contributed by atoms with van der Waals surface area (Å²) in [6.45, 7) is 1.74. The molecule has 0 aliphatic heterocycles. The van der Waals surface area contributed by atoms with E-state index in [0.717, 1.165) is 25.1 Å². The molecule has 2 nitrogen and oxygen atoms in total. The van der Waals surface area contributed by atoms with Gasteiger partial charge in [-0.1, -0.05) is 48.5 Å². The molecule has 0 aliphatic rings. The van der Waals surface area contributed by atoms with E-state index in [1.54, 1.807) is 6.07 Å².